The van der Waals surface area contributed by atoms with E-state index in [2.05, 4.69) is 15.6 Å². The molecule has 12 heteroatoms. The first kappa shape index (κ1) is 26.2. The second-order valence-corrected chi connectivity index (χ2v) is 6.50. The number of nitro benzene ring substituents is 1. The first-order chi connectivity index (χ1) is 14.8. The van der Waals surface area contributed by atoms with Crippen LogP contribution in [-0.2, 0) is 16.1 Å². The van der Waals surface area contributed by atoms with Gasteiger partial charge in [-0.3, -0.25) is 19.9 Å². The number of benzene rings is 2. The summed E-state index contributed by atoms with van der Waals surface area (Å²) in [5.41, 5.74) is 11.6. The van der Waals surface area contributed by atoms with Crippen molar-refractivity contribution in [3.63, 3.8) is 0 Å². The molecule has 2 amide bonds. The summed E-state index contributed by atoms with van der Waals surface area (Å²) in [5.74, 6) is -0.572. The smallest absolute Gasteiger partial charge is 0.408 e. The number of non-ortho nitro benzene ring substituents is 1. The first-order valence-electron chi connectivity index (χ1n) is 9.43. The summed E-state index contributed by atoms with van der Waals surface area (Å²) < 4.78 is 5.17. The highest BCUT2D eigenvalue weighted by molar-refractivity contribution is 5.96. The highest BCUT2D eigenvalue weighted by atomic mass is 35.5. The van der Waals surface area contributed by atoms with E-state index >= 15 is 0 Å². The van der Waals surface area contributed by atoms with Gasteiger partial charge < -0.3 is 26.8 Å². The number of anilines is 1. The van der Waals surface area contributed by atoms with Gasteiger partial charge in [-0.25, -0.2) is 4.79 Å². The Balaban J connectivity index is 0.00000512. The average Bonchev–Trinajstić information content (AvgIpc) is 2.75. The molecule has 0 saturated heterocycles. The van der Waals surface area contributed by atoms with E-state index in [1.54, 1.807) is 12.1 Å². The lowest BCUT2D eigenvalue weighted by Crippen LogP contribution is -2.44. The monoisotopic (exact) mass is 464 g/mol. The van der Waals surface area contributed by atoms with Crippen LogP contribution >= 0.6 is 12.4 Å². The van der Waals surface area contributed by atoms with Crippen LogP contribution in [0.15, 0.2) is 59.6 Å². The molecule has 0 aliphatic heterocycles. The molecule has 0 aliphatic carbocycles. The van der Waals surface area contributed by atoms with Crippen LogP contribution in [-0.4, -0.2) is 35.5 Å². The summed E-state index contributed by atoms with van der Waals surface area (Å²) in [4.78, 5) is 38.9. The van der Waals surface area contributed by atoms with Gasteiger partial charge in [0.25, 0.3) is 5.69 Å². The lowest BCUT2D eigenvalue weighted by molar-refractivity contribution is -0.384. The Kier molecular flexibility index (Phi) is 11.0. The molecule has 172 valence electrons. The second kappa shape index (κ2) is 13.4. The van der Waals surface area contributed by atoms with Gasteiger partial charge in [-0.15, -0.1) is 12.4 Å². The fraction of sp³-hybridized carbons (Fsp3) is 0.250. The van der Waals surface area contributed by atoms with Crippen LogP contribution in [0.4, 0.5) is 16.2 Å². The van der Waals surface area contributed by atoms with Gasteiger partial charge in [0.15, 0.2) is 5.96 Å². The summed E-state index contributed by atoms with van der Waals surface area (Å²) in [6.45, 7) is 0.335. The van der Waals surface area contributed by atoms with Crippen molar-refractivity contribution in [2.24, 2.45) is 16.5 Å². The number of carbonyl (C=O) groups excluding carboxylic acids is 2. The zero-order chi connectivity index (χ0) is 22.6. The van der Waals surface area contributed by atoms with Crippen LogP contribution in [0.1, 0.15) is 18.4 Å². The Bertz CT molecular complexity index is 920. The number of hydrogen-bond acceptors (Lipinski definition) is 6. The van der Waals surface area contributed by atoms with Gasteiger partial charge in [0.2, 0.25) is 5.91 Å². The maximum atomic E-state index is 12.7. The number of carbonyl (C=O) groups is 2. The predicted octanol–water partition coefficient (Wildman–Crippen LogP) is 2.30. The Labute approximate surface area is 190 Å². The van der Waals surface area contributed by atoms with Crippen LogP contribution in [0.5, 0.6) is 0 Å². The van der Waals surface area contributed by atoms with Crippen molar-refractivity contribution < 1.29 is 19.2 Å². The maximum Gasteiger partial charge on any atom is 0.408 e. The number of nitrogens with one attached hydrogen (secondary N) is 2. The summed E-state index contributed by atoms with van der Waals surface area (Å²) >= 11 is 0. The minimum absolute atomic E-state index is 0. The largest absolute Gasteiger partial charge is 0.445 e. The van der Waals surface area contributed by atoms with Crippen LogP contribution in [0.2, 0.25) is 0 Å². The highest BCUT2D eigenvalue weighted by Gasteiger charge is 2.21. The number of alkyl carbamates (subject to hydrolysis) is 1. The van der Waals surface area contributed by atoms with Gasteiger partial charge in [-0.1, -0.05) is 30.3 Å². The first-order valence-corrected chi connectivity index (χ1v) is 9.43. The molecule has 0 fully saturated rings. The van der Waals surface area contributed by atoms with E-state index in [9.17, 15) is 19.7 Å². The van der Waals surface area contributed by atoms with Crippen LogP contribution in [0, 0.1) is 10.1 Å². The lowest BCUT2D eigenvalue weighted by atomic mass is 10.1. The molecule has 0 unspecified atom stereocenters. The van der Waals surface area contributed by atoms with Crippen molar-refractivity contribution >= 4 is 41.7 Å². The number of hydrogen-bond donors (Lipinski definition) is 4. The van der Waals surface area contributed by atoms with Crippen LogP contribution < -0.4 is 22.1 Å². The minimum Gasteiger partial charge on any atom is -0.445 e. The van der Waals surface area contributed by atoms with Gasteiger partial charge in [0.05, 0.1) is 4.92 Å². The molecule has 0 heterocycles. The SMILES string of the molecule is Cl.NC(N)=NCCC[C@H](NC(=O)OCc1ccccc1)C(=O)Nc1ccc([N+](=O)[O-])cc1. The van der Waals surface area contributed by atoms with Crippen LogP contribution in [0.25, 0.3) is 0 Å². The molecule has 1 atom stereocenters. The summed E-state index contributed by atoms with van der Waals surface area (Å²) in [6, 6.07) is 13.5. The molecule has 0 bridgehead atoms. The standard InChI is InChI=1S/C20H24N6O5.ClH/c21-19(22)23-12-4-7-17(25-20(28)31-13-14-5-2-1-3-6-14)18(27)24-15-8-10-16(11-9-15)26(29)30;/h1-3,5-6,8-11,17H,4,7,12-13H2,(H,24,27)(H,25,28)(H4,21,22,23);1H/t17-;/m0./s1. The maximum absolute atomic E-state index is 12.7. The lowest BCUT2D eigenvalue weighted by Gasteiger charge is -2.18. The number of halogens is 1. The van der Waals surface area contributed by atoms with E-state index in [1.807, 2.05) is 18.2 Å². The summed E-state index contributed by atoms with van der Waals surface area (Å²) in [5, 5.41) is 15.9. The van der Waals surface area contributed by atoms with Gasteiger partial charge in [-0.2, -0.15) is 0 Å². The number of nitro groups is 1. The van der Waals surface area contributed by atoms with E-state index in [0.717, 1.165) is 5.56 Å². The normalized spacial score (nSPS) is 10.8. The van der Waals surface area contributed by atoms with Crippen molar-refractivity contribution in [2.45, 2.75) is 25.5 Å². The van der Waals surface area contributed by atoms with E-state index in [0.29, 0.717) is 12.1 Å². The Morgan fingerprint density at radius 1 is 1.09 bits per heavy atom. The molecule has 0 saturated carbocycles. The third-order valence-corrected chi connectivity index (χ3v) is 4.11. The topological polar surface area (TPSA) is 175 Å². The van der Waals surface area contributed by atoms with Crippen molar-refractivity contribution in [3.8, 4) is 0 Å². The van der Waals surface area contributed by atoms with E-state index in [4.69, 9.17) is 16.2 Å². The number of nitrogens with zero attached hydrogens (tertiary/aromatic N) is 2. The van der Waals surface area contributed by atoms with Gasteiger partial charge in [0, 0.05) is 24.4 Å². The second-order valence-electron chi connectivity index (χ2n) is 6.50. The zero-order valence-corrected chi connectivity index (χ0v) is 17.9. The fourth-order valence-corrected chi connectivity index (χ4v) is 2.58. The number of aliphatic imine (C=N–C) groups is 1. The predicted molar refractivity (Wildman–Crippen MR) is 122 cm³/mol. The van der Waals surface area contributed by atoms with Gasteiger partial charge in [-0.05, 0) is 30.5 Å². The van der Waals surface area contributed by atoms with Gasteiger partial charge >= 0.3 is 6.09 Å². The van der Waals surface area contributed by atoms with E-state index < -0.39 is 23.0 Å². The molecule has 2 rings (SSSR count). The number of nitrogens with two attached hydrogens (primary N) is 2. The Morgan fingerprint density at radius 3 is 2.34 bits per heavy atom. The van der Waals surface area contributed by atoms with Crippen molar-refractivity contribution in [2.75, 3.05) is 11.9 Å². The number of guanidine groups is 1. The fourth-order valence-electron chi connectivity index (χ4n) is 2.58. The number of ether oxygens (including phenoxy) is 1. The van der Waals surface area contributed by atoms with Crippen molar-refractivity contribution in [1.82, 2.24) is 5.32 Å². The molecule has 0 aromatic heterocycles. The highest BCUT2D eigenvalue weighted by Crippen LogP contribution is 2.16. The zero-order valence-electron chi connectivity index (χ0n) is 17.1. The third-order valence-electron chi connectivity index (χ3n) is 4.11. The molecular weight excluding hydrogens is 440 g/mol. The third kappa shape index (κ3) is 9.30. The molecule has 6 N–H and O–H groups in total. The summed E-state index contributed by atoms with van der Waals surface area (Å²) in [6.07, 6.45) is -0.0832. The molecule has 2 aromatic rings. The Morgan fingerprint density at radius 2 is 1.75 bits per heavy atom. The van der Waals surface area contributed by atoms with Crippen molar-refractivity contribution in [3.05, 3.63) is 70.3 Å². The average molecular weight is 465 g/mol. The minimum atomic E-state index is -0.923. The Hall–Kier alpha value is -3.86. The summed E-state index contributed by atoms with van der Waals surface area (Å²) in [7, 11) is 0. The van der Waals surface area contributed by atoms with E-state index in [1.165, 1.54) is 24.3 Å². The molecule has 11 nitrogen and oxygen atoms in total. The molecule has 0 radical (unpaired) electrons. The molecular formula is C20H25ClN6O5. The van der Waals surface area contributed by atoms with Crippen LogP contribution in [0.3, 0.4) is 0 Å². The quantitative estimate of drug-likeness (QED) is 0.137. The molecule has 0 spiro atoms. The number of amides is 2. The molecule has 32 heavy (non-hydrogen) atoms. The van der Waals surface area contributed by atoms with E-state index in [-0.39, 0.29) is 43.6 Å². The molecule has 2 aromatic carbocycles. The van der Waals surface area contributed by atoms with Gasteiger partial charge in [0.1, 0.15) is 12.6 Å². The number of rotatable bonds is 10. The molecule has 0 aliphatic rings. The van der Waals surface area contributed by atoms with Crippen molar-refractivity contribution in [1.29, 1.82) is 0 Å².